The molecule has 100 valence electrons. The van der Waals surface area contributed by atoms with Gasteiger partial charge in [-0.1, -0.05) is 0 Å². The van der Waals surface area contributed by atoms with Gasteiger partial charge in [0.25, 0.3) is 0 Å². The maximum Gasteiger partial charge on any atom is 0.231 e. The van der Waals surface area contributed by atoms with Gasteiger partial charge in [-0.05, 0) is 34.1 Å². The number of carbonyl (C=O) groups is 1. The van der Waals surface area contributed by atoms with Gasteiger partial charge in [-0.25, -0.2) is 0 Å². The average Bonchev–Trinajstić information content (AvgIpc) is 2.52. The molecule has 1 rings (SSSR count). The van der Waals surface area contributed by atoms with Gasteiger partial charge >= 0.3 is 0 Å². The molecule has 1 fully saturated rings. The highest BCUT2D eigenvalue weighted by Crippen LogP contribution is 2.24. The second kappa shape index (κ2) is 5.80. The molecule has 1 aliphatic heterocycles. The number of rotatable bonds is 6. The molecule has 17 heavy (non-hydrogen) atoms. The van der Waals surface area contributed by atoms with Gasteiger partial charge in [0.15, 0.2) is 5.79 Å². The van der Waals surface area contributed by atoms with E-state index < -0.39 is 5.79 Å². The predicted molar refractivity (Wildman–Crippen MR) is 65.4 cm³/mol. The summed E-state index contributed by atoms with van der Waals surface area (Å²) in [7, 11) is 0. The minimum atomic E-state index is -0.475. The summed E-state index contributed by atoms with van der Waals surface area (Å²) in [5.74, 6) is -0.764. The molecule has 0 aromatic heterocycles. The summed E-state index contributed by atoms with van der Waals surface area (Å²) >= 11 is 0. The van der Waals surface area contributed by atoms with Crippen LogP contribution in [-0.2, 0) is 14.3 Å². The van der Waals surface area contributed by atoms with Crippen LogP contribution in [0.2, 0.25) is 0 Å². The highest BCUT2D eigenvalue weighted by atomic mass is 16.7. The van der Waals surface area contributed by atoms with E-state index in [0.29, 0.717) is 19.2 Å². The van der Waals surface area contributed by atoms with Crippen LogP contribution in [0, 0.1) is 0 Å². The fourth-order valence-corrected chi connectivity index (χ4v) is 1.94. The fourth-order valence-electron chi connectivity index (χ4n) is 1.94. The van der Waals surface area contributed by atoms with Gasteiger partial charge in [-0.2, -0.15) is 0 Å². The lowest BCUT2D eigenvalue weighted by Crippen LogP contribution is -2.40. The first-order valence-corrected chi connectivity index (χ1v) is 6.14. The van der Waals surface area contributed by atoms with Crippen LogP contribution < -0.4 is 5.73 Å². The van der Waals surface area contributed by atoms with Crippen molar-refractivity contribution in [2.45, 2.75) is 52.0 Å². The molecular formula is C12H24N2O3. The summed E-state index contributed by atoms with van der Waals surface area (Å²) in [4.78, 5) is 13.0. The van der Waals surface area contributed by atoms with Crippen LogP contribution in [0.4, 0.5) is 0 Å². The first-order chi connectivity index (χ1) is 7.80. The molecule has 1 heterocycles. The van der Waals surface area contributed by atoms with Gasteiger partial charge < -0.3 is 15.2 Å². The zero-order valence-corrected chi connectivity index (χ0v) is 11.2. The van der Waals surface area contributed by atoms with E-state index in [-0.39, 0.29) is 12.0 Å². The van der Waals surface area contributed by atoms with Crippen molar-refractivity contribution < 1.29 is 14.3 Å². The Labute approximate surface area is 103 Å². The van der Waals surface area contributed by atoms with E-state index in [1.54, 1.807) is 0 Å². The highest BCUT2D eigenvalue weighted by Gasteiger charge is 2.32. The lowest BCUT2D eigenvalue weighted by atomic mass is 10.2. The standard InChI is InChI=1S/C12H24N2O3/c1-9(2)14(7-11(13)15)6-5-10-8-16-12(3,4)17-10/h9-10H,5-8H2,1-4H3,(H2,13,15)/t10-/m0/s1. The lowest BCUT2D eigenvalue weighted by molar-refractivity contribution is -0.139. The van der Waals surface area contributed by atoms with Gasteiger partial charge in [-0.15, -0.1) is 0 Å². The predicted octanol–water partition coefficient (Wildman–Crippen LogP) is 0.724. The van der Waals surface area contributed by atoms with Crippen LogP contribution in [0.3, 0.4) is 0 Å². The third-order valence-electron chi connectivity index (χ3n) is 2.89. The molecule has 0 aliphatic carbocycles. The van der Waals surface area contributed by atoms with Crippen molar-refractivity contribution in [1.82, 2.24) is 4.90 Å². The van der Waals surface area contributed by atoms with Crippen LogP contribution in [0.5, 0.6) is 0 Å². The quantitative estimate of drug-likeness (QED) is 0.748. The molecule has 2 N–H and O–H groups in total. The minimum absolute atomic E-state index is 0.110. The van der Waals surface area contributed by atoms with Crippen molar-refractivity contribution in [3.8, 4) is 0 Å². The molecule has 5 nitrogen and oxygen atoms in total. The molecular weight excluding hydrogens is 220 g/mol. The molecule has 1 saturated heterocycles. The van der Waals surface area contributed by atoms with E-state index in [2.05, 4.69) is 18.7 Å². The molecule has 0 aromatic rings. The third kappa shape index (κ3) is 5.02. The highest BCUT2D eigenvalue weighted by molar-refractivity contribution is 5.75. The summed E-state index contributed by atoms with van der Waals surface area (Å²) in [6.07, 6.45) is 0.966. The first kappa shape index (κ1) is 14.4. The van der Waals surface area contributed by atoms with Crippen molar-refractivity contribution >= 4 is 5.91 Å². The summed E-state index contributed by atoms with van der Waals surface area (Å²) in [5.41, 5.74) is 5.22. The normalized spacial score (nSPS) is 23.5. The fraction of sp³-hybridized carbons (Fsp3) is 0.917. The molecule has 0 aromatic carbocycles. The lowest BCUT2D eigenvalue weighted by Gasteiger charge is -2.26. The first-order valence-electron chi connectivity index (χ1n) is 6.14. The zero-order chi connectivity index (χ0) is 13.1. The number of hydrogen-bond donors (Lipinski definition) is 1. The monoisotopic (exact) mass is 244 g/mol. The van der Waals surface area contributed by atoms with Crippen LogP contribution in [0.15, 0.2) is 0 Å². The van der Waals surface area contributed by atoms with E-state index in [9.17, 15) is 4.79 Å². The Balaban J connectivity index is 2.35. The molecule has 0 spiro atoms. The largest absolute Gasteiger partial charge is 0.369 e. The van der Waals surface area contributed by atoms with E-state index in [0.717, 1.165) is 13.0 Å². The topological polar surface area (TPSA) is 64.8 Å². The van der Waals surface area contributed by atoms with Crippen LogP contribution >= 0.6 is 0 Å². The van der Waals surface area contributed by atoms with E-state index in [4.69, 9.17) is 15.2 Å². The van der Waals surface area contributed by atoms with Crippen LogP contribution in [-0.4, -0.2) is 48.4 Å². The summed E-state index contributed by atoms with van der Waals surface area (Å²) in [5, 5.41) is 0. The van der Waals surface area contributed by atoms with Gasteiger partial charge in [-0.3, -0.25) is 9.69 Å². The number of amides is 1. The van der Waals surface area contributed by atoms with E-state index in [1.807, 2.05) is 13.8 Å². The molecule has 1 aliphatic rings. The Morgan fingerprint density at radius 3 is 2.59 bits per heavy atom. The molecule has 5 heteroatoms. The summed E-state index contributed by atoms with van der Waals surface area (Å²) in [6, 6.07) is 0.304. The Kier molecular flexibility index (Phi) is 4.91. The molecule has 0 saturated carbocycles. The van der Waals surface area contributed by atoms with Gasteiger partial charge in [0.05, 0.1) is 19.3 Å². The molecule has 0 bridgehead atoms. The molecule has 0 radical (unpaired) electrons. The third-order valence-corrected chi connectivity index (χ3v) is 2.89. The molecule has 1 atom stereocenters. The molecule has 1 amide bonds. The number of carbonyl (C=O) groups excluding carboxylic acids is 1. The summed E-state index contributed by atoms with van der Waals surface area (Å²) in [6.45, 7) is 9.65. The number of nitrogens with two attached hydrogens (primary N) is 1. The minimum Gasteiger partial charge on any atom is -0.369 e. The SMILES string of the molecule is CC(C)N(CC[C@H]1COC(C)(C)O1)CC(N)=O. The van der Waals surface area contributed by atoms with Gasteiger partial charge in [0, 0.05) is 12.6 Å². The van der Waals surface area contributed by atoms with Crippen molar-refractivity contribution in [1.29, 1.82) is 0 Å². The average molecular weight is 244 g/mol. The number of nitrogens with zero attached hydrogens (tertiary/aromatic N) is 1. The van der Waals surface area contributed by atoms with Crippen molar-refractivity contribution in [2.24, 2.45) is 5.73 Å². The second-order valence-electron chi connectivity index (χ2n) is 5.27. The van der Waals surface area contributed by atoms with E-state index in [1.165, 1.54) is 0 Å². The number of primary amides is 1. The maximum absolute atomic E-state index is 10.9. The Hall–Kier alpha value is -0.650. The van der Waals surface area contributed by atoms with Crippen molar-refractivity contribution in [3.63, 3.8) is 0 Å². The second-order valence-corrected chi connectivity index (χ2v) is 5.27. The van der Waals surface area contributed by atoms with E-state index >= 15 is 0 Å². The van der Waals surface area contributed by atoms with Gasteiger partial charge in [0.2, 0.25) is 5.91 Å². The number of hydrogen-bond acceptors (Lipinski definition) is 4. The maximum atomic E-state index is 10.9. The Bertz CT molecular complexity index is 266. The molecule has 0 unspecified atom stereocenters. The summed E-state index contributed by atoms with van der Waals surface area (Å²) < 4.78 is 11.2. The van der Waals surface area contributed by atoms with Crippen LogP contribution in [0.1, 0.15) is 34.1 Å². The van der Waals surface area contributed by atoms with Crippen molar-refractivity contribution in [3.05, 3.63) is 0 Å². The van der Waals surface area contributed by atoms with Crippen molar-refractivity contribution in [2.75, 3.05) is 19.7 Å². The van der Waals surface area contributed by atoms with Gasteiger partial charge in [0.1, 0.15) is 0 Å². The number of ether oxygens (including phenoxy) is 2. The Morgan fingerprint density at radius 1 is 1.53 bits per heavy atom. The zero-order valence-electron chi connectivity index (χ0n) is 11.2. The smallest absolute Gasteiger partial charge is 0.231 e. The van der Waals surface area contributed by atoms with Crippen LogP contribution in [0.25, 0.3) is 0 Å². The Morgan fingerprint density at radius 2 is 2.18 bits per heavy atom.